The van der Waals surface area contributed by atoms with Crippen LogP contribution in [0.5, 0.6) is 0 Å². The molecule has 28 heavy (non-hydrogen) atoms. The molecule has 1 aromatic heterocycles. The average molecular weight is 391 g/mol. The van der Waals surface area contributed by atoms with Crippen LogP contribution in [-0.4, -0.2) is 26.7 Å². The van der Waals surface area contributed by atoms with E-state index in [1.807, 2.05) is 42.5 Å². The molecule has 7 nitrogen and oxygen atoms in total. The molecule has 0 aliphatic carbocycles. The van der Waals surface area contributed by atoms with Crippen molar-refractivity contribution in [2.45, 2.75) is 5.22 Å². The summed E-state index contributed by atoms with van der Waals surface area (Å²) in [6, 6.07) is 19.3. The fraction of sp³-hybridized carbons (Fsp3) is 0.0500. The number of benzene rings is 3. The average Bonchev–Trinajstić information content (AvgIpc) is 3.21. The van der Waals surface area contributed by atoms with Crippen LogP contribution in [0.2, 0.25) is 0 Å². The van der Waals surface area contributed by atoms with Crippen molar-refractivity contribution >= 4 is 34.0 Å². The van der Waals surface area contributed by atoms with Gasteiger partial charge in [-0.2, -0.15) is 0 Å². The maximum Gasteiger partial charge on any atom is 0.277 e. The van der Waals surface area contributed by atoms with Gasteiger partial charge in [-0.25, -0.2) is 0 Å². The molecule has 138 valence electrons. The second kappa shape index (κ2) is 7.61. The number of fused-ring (bicyclic) bond motifs is 1. The maximum absolute atomic E-state index is 12.2. The Balaban J connectivity index is 1.44. The van der Waals surface area contributed by atoms with Crippen LogP contribution in [-0.2, 0) is 0 Å². The molecule has 0 spiro atoms. The van der Waals surface area contributed by atoms with Gasteiger partial charge in [0, 0.05) is 23.3 Å². The molecule has 0 saturated carbocycles. The molecule has 0 atom stereocenters. The quantitative estimate of drug-likeness (QED) is 0.202. The number of aromatic nitrogens is 2. The van der Waals surface area contributed by atoms with Crippen molar-refractivity contribution in [1.82, 2.24) is 10.2 Å². The van der Waals surface area contributed by atoms with E-state index in [4.69, 9.17) is 4.42 Å². The summed E-state index contributed by atoms with van der Waals surface area (Å²) in [7, 11) is 0. The third kappa shape index (κ3) is 3.77. The number of thioether (sulfide) groups is 1. The number of carbonyl (C=O) groups excluding carboxylic acids is 1. The number of hydrogen-bond donors (Lipinski definition) is 0. The van der Waals surface area contributed by atoms with E-state index in [1.54, 1.807) is 0 Å². The Kier molecular flexibility index (Phi) is 4.86. The van der Waals surface area contributed by atoms with Crippen LogP contribution in [0.4, 0.5) is 5.69 Å². The van der Waals surface area contributed by atoms with Crippen molar-refractivity contribution in [1.29, 1.82) is 0 Å². The van der Waals surface area contributed by atoms with Crippen molar-refractivity contribution in [3.8, 4) is 11.5 Å². The van der Waals surface area contributed by atoms with Gasteiger partial charge in [0.05, 0.1) is 10.7 Å². The van der Waals surface area contributed by atoms with Crippen molar-refractivity contribution in [2.24, 2.45) is 0 Å². The Morgan fingerprint density at radius 2 is 1.75 bits per heavy atom. The molecule has 0 fully saturated rings. The zero-order valence-corrected chi connectivity index (χ0v) is 15.3. The first-order valence-corrected chi connectivity index (χ1v) is 9.32. The number of non-ortho nitro benzene ring substituents is 1. The van der Waals surface area contributed by atoms with Gasteiger partial charge in [0.25, 0.3) is 10.9 Å². The van der Waals surface area contributed by atoms with Gasteiger partial charge in [0.15, 0.2) is 5.78 Å². The second-order valence-corrected chi connectivity index (χ2v) is 6.88. The van der Waals surface area contributed by atoms with Gasteiger partial charge in [0.2, 0.25) is 5.89 Å². The number of nitro groups is 1. The number of Topliss-reactive ketones (excluding diaryl/α,β-unsaturated/α-hetero) is 1. The maximum atomic E-state index is 12.2. The number of carbonyl (C=O) groups is 1. The Labute approximate surface area is 163 Å². The number of hydrogen-bond acceptors (Lipinski definition) is 7. The van der Waals surface area contributed by atoms with Gasteiger partial charge < -0.3 is 4.42 Å². The van der Waals surface area contributed by atoms with E-state index in [9.17, 15) is 14.9 Å². The minimum Gasteiger partial charge on any atom is -0.411 e. The first kappa shape index (κ1) is 17.9. The van der Waals surface area contributed by atoms with E-state index in [0.29, 0.717) is 16.7 Å². The lowest BCUT2D eigenvalue weighted by molar-refractivity contribution is -0.384. The van der Waals surface area contributed by atoms with Gasteiger partial charge in [-0.3, -0.25) is 14.9 Å². The third-order valence-corrected chi connectivity index (χ3v) is 4.95. The molecule has 8 heteroatoms. The van der Waals surface area contributed by atoms with E-state index in [1.165, 1.54) is 24.3 Å². The lowest BCUT2D eigenvalue weighted by atomic mass is 10.1. The number of nitro benzene ring substituents is 1. The topological polar surface area (TPSA) is 99.1 Å². The third-order valence-electron chi connectivity index (χ3n) is 4.13. The normalized spacial score (nSPS) is 10.9. The Morgan fingerprint density at radius 3 is 2.50 bits per heavy atom. The zero-order valence-electron chi connectivity index (χ0n) is 14.4. The summed E-state index contributed by atoms with van der Waals surface area (Å²) < 4.78 is 5.65. The van der Waals surface area contributed by atoms with E-state index < -0.39 is 4.92 Å². The van der Waals surface area contributed by atoms with Gasteiger partial charge in [-0.05, 0) is 35.0 Å². The summed E-state index contributed by atoms with van der Waals surface area (Å²) in [6.45, 7) is 0. The van der Waals surface area contributed by atoms with Crippen LogP contribution < -0.4 is 0 Å². The van der Waals surface area contributed by atoms with Gasteiger partial charge >= 0.3 is 0 Å². The van der Waals surface area contributed by atoms with Crippen LogP contribution in [0.3, 0.4) is 0 Å². The molecule has 0 saturated heterocycles. The monoisotopic (exact) mass is 391 g/mol. The van der Waals surface area contributed by atoms with Crippen LogP contribution in [0.25, 0.3) is 22.2 Å². The SMILES string of the molecule is O=C(CSc1nnc(-c2ccc3ccccc3c2)o1)c1ccc([N+](=O)[O-])cc1. The summed E-state index contributed by atoms with van der Waals surface area (Å²) in [5, 5.41) is 21.2. The predicted molar refractivity (Wildman–Crippen MR) is 105 cm³/mol. The molecule has 0 N–H and O–H groups in total. The van der Waals surface area contributed by atoms with Crippen molar-refractivity contribution in [3.63, 3.8) is 0 Å². The van der Waals surface area contributed by atoms with E-state index in [2.05, 4.69) is 10.2 Å². The zero-order chi connectivity index (χ0) is 19.5. The predicted octanol–water partition coefficient (Wildman–Crippen LogP) is 4.77. The van der Waals surface area contributed by atoms with E-state index in [-0.39, 0.29) is 17.2 Å². The molecule has 4 rings (SSSR count). The molecular weight excluding hydrogens is 378 g/mol. The molecule has 1 heterocycles. The van der Waals surface area contributed by atoms with E-state index >= 15 is 0 Å². The molecule has 0 aliphatic rings. The molecular formula is C20H13N3O4S. The molecule has 0 bridgehead atoms. The number of rotatable bonds is 6. The molecule has 4 aromatic rings. The smallest absolute Gasteiger partial charge is 0.277 e. The Morgan fingerprint density at radius 1 is 1.00 bits per heavy atom. The highest BCUT2D eigenvalue weighted by atomic mass is 32.2. The lowest BCUT2D eigenvalue weighted by Crippen LogP contribution is -2.02. The highest BCUT2D eigenvalue weighted by Gasteiger charge is 2.14. The first-order valence-electron chi connectivity index (χ1n) is 8.33. The highest BCUT2D eigenvalue weighted by molar-refractivity contribution is 7.99. The minimum atomic E-state index is -0.504. The van der Waals surface area contributed by atoms with Crippen molar-refractivity contribution < 1.29 is 14.1 Å². The van der Waals surface area contributed by atoms with Crippen LogP contribution in [0, 0.1) is 10.1 Å². The van der Waals surface area contributed by atoms with Gasteiger partial charge in [-0.1, -0.05) is 42.1 Å². The van der Waals surface area contributed by atoms with E-state index in [0.717, 1.165) is 28.1 Å². The molecule has 0 unspecified atom stereocenters. The lowest BCUT2D eigenvalue weighted by Gasteiger charge is -2.00. The summed E-state index contributed by atoms with van der Waals surface area (Å²) in [5.74, 6) is 0.304. The molecule has 0 radical (unpaired) electrons. The fourth-order valence-corrected chi connectivity index (χ4v) is 3.34. The fourth-order valence-electron chi connectivity index (χ4n) is 2.69. The summed E-state index contributed by atoms with van der Waals surface area (Å²) in [5.41, 5.74) is 1.15. The Bertz CT molecular complexity index is 1170. The molecule has 3 aromatic carbocycles. The number of nitrogens with zero attached hydrogens (tertiary/aromatic N) is 3. The van der Waals surface area contributed by atoms with Gasteiger partial charge in [0.1, 0.15) is 0 Å². The largest absolute Gasteiger partial charge is 0.411 e. The minimum absolute atomic E-state index is 0.0545. The first-order chi connectivity index (χ1) is 13.6. The van der Waals surface area contributed by atoms with Crippen LogP contribution in [0.1, 0.15) is 10.4 Å². The second-order valence-electron chi connectivity index (χ2n) is 5.95. The standard InChI is InChI=1S/C20H13N3O4S/c24-18(14-7-9-17(10-8-14)23(25)26)12-28-20-22-21-19(27-20)16-6-5-13-3-1-2-4-15(13)11-16/h1-11H,12H2. The van der Waals surface area contributed by atoms with Crippen molar-refractivity contribution in [2.75, 3.05) is 5.75 Å². The summed E-state index contributed by atoms with van der Waals surface area (Å²) in [4.78, 5) is 22.4. The van der Waals surface area contributed by atoms with Crippen LogP contribution >= 0.6 is 11.8 Å². The van der Waals surface area contributed by atoms with Crippen LogP contribution in [0.15, 0.2) is 76.4 Å². The highest BCUT2D eigenvalue weighted by Crippen LogP contribution is 2.26. The van der Waals surface area contributed by atoms with Crippen molar-refractivity contribution in [3.05, 3.63) is 82.4 Å². The molecule has 0 amide bonds. The summed E-state index contributed by atoms with van der Waals surface area (Å²) in [6.07, 6.45) is 0. The summed E-state index contributed by atoms with van der Waals surface area (Å²) >= 11 is 1.13. The van der Waals surface area contributed by atoms with Gasteiger partial charge in [-0.15, -0.1) is 10.2 Å². The molecule has 0 aliphatic heterocycles. The number of ketones is 1. The Hall–Kier alpha value is -3.52.